The van der Waals surface area contributed by atoms with E-state index in [-0.39, 0.29) is 0 Å². The minimum absolute atomic E-state index is 0.424. The molecule has 2 rings (SSSR count). The first kappa shape index (κ1) is 19.0. The van der Waals surface area contributed by atoms with Gasteiger partial charge >= 0.3 is 0 Å². The third-order valence-electron chi connectivity index (χ3n) is 3.65. The monoisotopic (exact) mass is 355 g/mol. The molecule has 0 heterocycles. The lowest BCUT2D eigenvalue weighted by Gasteiger charge is -2.11. The zero-order valence-electron chi connectivity index (χ0n) is 14.9. The van der Waals surface area contributed by atoms with Crippen LogP contribution in [0.1, 0.15) is 12.5 Å². The zero-order chi connectivity index (χ0) is 18.9. The van der Waals surface area contributed by atoms with Crippen molar-refractivity contribution in [2.45, 2.75) is 6.92 Å². The van der Waals surface area contributed by atoms with Gasteiger partial charge < -0.3 is 14.8 Å². The van der Waals surface area contributed by atoms with E-state index in [4.69, 9.17) is 9.47 Å². The quantitative estimate of drug-likeness (QED) is 0.453. The van der Waals surface area contributed by atoms with Crippen LogP contribution in [0, 0.1) is 5.92 Å². The second kappa shape index (κ2) is 9.22. The van der Waals surface area contributed by atoms with E-state index in [9.17, 15) is 9.59 Å². The first-order valence-electron chi connectivity index (χ1n) is 7.95. The van der Waals surface area contributed by atoms with Crippen molar-refractivity contribution in [3.8, 4) is 11.5 Å². The lowest BCUT2D eigenvalue weighted by atomic mass is 10.1. The highest BCUT2D eigenvalue weighted by atomic mass is 16.5. The molecule has 7 nitrogen and oxygen atoms in total. The molecule has 0 aliphatic carbocycles. The Morgan fingerprint density at radius 3 is 2.00 bits per heavy atom. The number of carbonyl (C=O) groups excluding carboxylic acids is 2. The van der Waals surface area contributed by atoms with Crippen LogP contribution in [-0.4, -0.2) is 32.2 Å². The fourth-order valence-electron chi connectivity index (χ4n) is 2.00. The second-order valence-electron chi connectivity index (χ2n) is 5.45. The van der Waals surface area contributed by atoms with Gasteiger partial charge in [0.25, 0.3) is 5.91 Å². The van der Waals surface area contributed by atoms with Gasteiger partial charge in [-0.2, -0.15) is 5.10 Å². The van der Waals surface area contributed by atoms with Gasteiger partial charge in [0.05, 0.1) is 20.4 Å². The van der Waals surface area contributed by atoms with Gasteiger partial charge in [0.2, 0.25) is 5.91 Å². The molecular weight excluding hydrogens is 334 g/mol. The number of benzene rings is 2. The molecule has 0 saturated heterocycles. The molecule has 0 aromatic heterocycles. The molecule has 0 fully saturated rings. The fraction of sp³-hybridized carbons (Fsp3) is 0.211. The molecule has 7 heteroatoms. The number of anilines is 1. The summed E-state index contributed by atoms with van der Waals surface area (Å²) in [5.74, 6) is -0.408. The van der Waals surface area contributed by atoms with Crippen molar-refractivity contribution in [3.63, 3.8) is 0 Å². The van der Waals surface area contributed by atoms with Gasteiger partial charge in [-0.1, -0.05) is 0 Å². The topological polar surface area (TPSA) is 89.0 Å². The lowest BCUT2D eigenvalue weighted by Crippen LogP contribution is -2.34. The summed E-state index contributed by atoms with van der Waals surface area (Å²) < 4.78 is 10.1. The molecule has 0 bridgehead atoms. The van der Waals surface area contributed by atoms with Crippen molar-refractivity contribution in [2.24, 2.45) is 11.0 Å². The van der Waals surface area contributed by atoms with E-state index in [1.54, 1.807) is 62.8 Å². The Balaban J connectivity index is 1.86. The van der Waals surface area contributed by atoms with Crippen molar-refractivity contribution in [3.05, 3.63) is 54.1 Å². The van der Waals surface area contributed by atoms with Gasteiger partial charge in [-0.3, -0.25) is 9.59 Å². The molecule has 0 aliphatic rings. The largest absolute Gasteiger partial charge is 0.497 e. The Labute approximate surface area is 152 Å². The second-order valence-corrected chi connectivity index (χ2v) is 5.45. The van der Waals surface area contributed by atoms with Crippen LogP contribution < -0.4 is 20.2 Å². The van der Waals surface area contributed by atoms with Crippen LogP contribution in [0.2, 0.25) is 0 Å². The summed E-state index contributed by atoms with van der Waals surface area (Å²) in [6.07, 6.45) is 1.49. The molecule has 2 N–H and O–H groups in total. The van der Waals surface area contributed by atoms with Gasteiger partial charge in [-0.15, -0.1) is 0 Å². The maximum Gasteiger partial charge on any atom is 0.252 e. The Kier molecular flexibility index (Phi) is 6.73. The fourth-order valence-corrected chi connectivity index (χ4v) is 2.00. The van der Waals surface area contributed by atoms with Crippen LogP contribution in [0.3, 0.4) is 0 Å². The zero-order valence-corrected chi connectivity index (χ0v) is 14.9. The summed E-state index contributed by atoms with van der Waals surface area (Å²) in [6.45, 7) is 1.51. The van der Waals surface area contributed by atoms with Crippen LogP contribution in [0.15, 0.2) is 53.6 Å². The predicted octanol–water partition coefficient (Wildman–Crippen LogP) is 2.43. The van der Waals surface area contributed by atoms with E-state index in [0.717, 1.165) is 11.3 Å². The molecule has 0 saturated carbocycles. The third-order valence-corrected chi connectivity index (χ3v) is 3.65. The average Bonchev–Trinajstić information content (AvgIpc) is 2.68. The van der Waals surface area contributed by atoms with E-state index in [1.807, 2.05) is 0 Å². The minimum atomic E-state index is -0.898. The molecular formula is C19H21N3O4. The number of hydrazone groups is 1. The first-order chi connectivity index (χ1) is 12.5. The summed E-state index contributed by atoms with van der Waals surface area (Å²) in [7, 11) is 3.15. The van der Waals surface area contributed by atoms with Crippen LogP contribution in [0.4, 0.5) is 5.69 Å². The molecule has 2 aromatic carbocycles. The molecule has 0 aliphatic heterocycles. The highest BCUT2D eigenvalue weighted by Gasteiger charge is 2.21. The molecule has 0 spiro atoms. The number of hydrogen-bond acceptors (Lipinski definition) is 5. The van der Waals surface area contributed by atoms with Crippen molar-refractivity contribution in [1.82, 2.24) is 5.43 Å². The summed E-state index contributed by atoms with van der Waals surface area (Å²) in [5, 5.41) is 6.54. The highest BCUT2D eigenvalue weighted by molar-refractivity contribution is 6.06. The molecule has 1 unspecified atom stereocenters. The van der Waals surface area contributed by atoms with Crippen molar-refractivity contribution >= 4 is 23.7 Å². The molecule has 136 valence electrons. The number of hydrogen-bond donors (Lipinski definition) is 2. The van der Waals surface area contributed by atoms with Crippen LogP contribution in [0.5, 0.6) is 11.5 Å². The SMILES string of the molecule is COc1ccc(C=NNC(=O)C(C)C(=O)Nc2ccc(OC)cc2)cc1. The van der Waals surface area contributed by atoms with Gasteiger partial charge in [0, 0.05) is 5.69 Å². The Morgan fingerprint density at radius 1 is 0.923 bits per heavy atom. The molecule has 2 aromatic rings. The van der Waals surface area contributed by atoms with E-state index in [0.29, 0.717) is 11.4 Å². The van der Waals surface area contributed by atoms with Crippen molar-refractivity contribution in [2.75, 3.05) is 19.5 Å². The standard InChI is InChI=1S/C19H21N3O4/c1-13(18(23)21-15-6-10-17(26-3)11-7-15)19(24)22-20-12-14-4-8-16(25-2)9-5-14/h4-13H,1-3H3,(H,21,23)(H,22,24). The smallest absolute Gasteiger partial charge is 0.252 e. The summed E-state index contributed by atoms with van der Waals surface area (Å²) in [4.78, 5) is 24.2. The number of ether oxygens (including phenoxy) is 2. The number of methoxy groups -OCH3 is 2. The Bertz CT molecular complexity index is 770. The normalized spacial score (nSPS) is 11.7. The predicted molar refractivity (Wildman–Crippen MR) is 99.5 cm³/mol. The van der Waals surface area contributed by atoms with Gasteiger partial charge in [-0.05, 0) is 61.0 Å². The molecule has 26 heavy (non-hydrogen) atoms. The lowest BCUT2D eigenvalue weighted by molar-refractivity contribution is -0.131. The number of nitrogens with one attached hydrogen (secondary N) is 2. The number of rotatable bonds is 7. The van der Waals surface area contributed by atoms with Gasteiger partial charge in [0.1, 0.15) is 17.4 Å². The summed E-state index contributed by atoms with van der Waals surface area (Å²) in [5.41, 5.74) is 3.74. The van der Waals surface area contributed by atoms with Gasteiger partial charge in [-0.25, -0.2) is 5.43 Å². The van der Waals surface area contributed by atoms with Crippen LogP contribution in [-0.2, 0) is 9.59 Å². The van der Waals surface area contributed by atoms with Crippen LogP contribution >= 0.6 is 0 Å². The van der Waals surface area contributed by atoms with Crippen molar-refractivity contribution in [1.29, 1.82) is 0 Å². The highest BCUT2D eigenvalue weighted by Crippen LogP contribution is 2.15. The van der Waals surface area contributed by atoms with Crippen LogP contribution in [0.25, 0.3) is 0 Å². The maximum absolute atomic E-state index is 12.1. The number of carbonyl (C=O) groups is 2. The summed E-state index contributed by atoms with van der Waals surface area (Å²) >= 11 is 0. The molecule has 2 amide bonds. The van der Waals surface area contributed by atoms with Gasteiger partial charge in [0.15, 0.2) is 0 Å². The Hall–Kier alpha value is -3.35. The molecule has 1 atom stereocenters. The summed E-state index contributed by atoms with van der Waals surface area (Å²) in [6, 6.07) is 14.0. The molecule has 0 radical (unpaired) electrons. The average molecular weight is 355 g/mol. The third kappa shape index (κ3) is 5.34. The van der Waals surface area contributed by atoms with E-state index >= 15 is 0 Å². The first-order valence-corrected chi connectivity index (χ1v) is 7.95. The van der Waals surface area contributed by atoms with E-state index in [2.05, 4.69) is 15.8 Å². The number of amides is 2. The van der Waals surface area contributed by atoms with Crippen molar-refractivity contribution < 1.29 is 19.1 Å². The van der Waals surface area contributed by atoms with E-state index in [1.165, 1.54) is 13.1 Å². The minimum Gasteiger partial charge on any atom is -0.497 e. The number of nitrogens with zero attached hydrogens (tertiary/aromatic N) is 1. The maximum atomic E-state index is 12.1. The Morgan fingerprint density at radius 2 is 1.46 bits per heavy atom. The van der Waals surface area contributed by atoms with E-state index < -0.39 is 17.7 Å².